The van der Waals surface area contributed by atoms with Crippen LogP contribution in [-0.4, -0.2) is 14.7 Å². The van der Waals surface area contributed by atoms with Crippen LogP contribution < -0.4 is 11.4 Å². The summed E-state index contributed by atoms with van der Waals surface area (Å²) in [5.74, 6) is -0.130. The van der Waals surface area contributed by atoms with Crippen LogP contribution in [0.15, 0.2) is 71.5 Å². The summed E-state index contributed by atoms with van der Waals surface area (Å²) in [6.07, 6.45) is 0. The quantitative estimate of drug-likeness (QED) is 0.445. The van der Waals surface area contributed by atoms with E-state index in [1.54, 1.807) is 43.4 Å². The highest BCUT2D eigenvalue weighted by molar-refractivity contribution is 5.81. The molecule has 0 unspecified atom stereocenters. The van der Waals surface area contributed by atoms with Crippen LogP contribution in [0, 0.1) is 0 Å². The molecule has 0 radical (unpaired) electrons. The summed E-state index contributed by atoms with van der Waals surface area (Å²) in [5.41, 5.74) is 1.76. The average molecular weight is 361 g/mol. The van der Waals surface area contributed by atoms with Crippen LogP contribution in [0.2, 0.25) is 0 Å². The van der Waals surface area contributed by atoms with Crippen molar-refractivity contribution in [1.29, 1.82) is 0 Å². The van der Waals surface area contributed by atoms with E-state index in [9.17, 15) is 9.59 Å². The molecule has 3 aromatic heterocycles. The van der Waals surface area contributed by atoms with Gasteiger partial charge in [-0.25, -0.2) is 9.59 Å². The van der Waals surface area contributed by atoms with Crippen molar-refractivity contribution in [2.45, 2.75) is 0 Å². The number of aryl methyl sites for hydroxylation is 1. The molecule has 27 heavy (non-hydrogen) atoms. The van der Waals surface area contributed by atoms with Gasteiger partial charge >= 0.3 is 11.4 Å². The minimum Gasteiger partial charge on any atom is -0.422 e. The zero-order valence-corrected chi connectivity index (χ0v) is 14.0. The highest BCUT2D eigenvalue weighted by Gasteiger charge is 2.17. The maximum absolute atomic E-state index is 12.2. The molecule has 5 rings (SSSR count). The smallest absolute Gasteiger partial charge is 0.419 e. The predicted molar refractivity (Wildman–Crippen MR) is 96.2 cm³/mol. The minimum absolute atomic E-state index is 0.0547. The van der Waals surface area contributed by atoms with E-state index in [0.717, 1.165) is 5.39 Å². The molecule has 0 aliphatic rings. The first-order valence-corrected chi connectivity index (χ1v) is 8.07. The first-order valence-electron chi connectivity index (χ1n) is 8.07. The molecule has 132 valence electrons. The third kappa shape index (κ3) is 2.38. The summed E-state index contributed by atoms with van der Waals surface area (Å²) in [5, 5.41) is 4.68. The van der Waals surface area contributed by atoms with Gasteiger partial charge in [0.25, 0.3) is 5.89 Å². The number of aromatic nitrogens is 3. The van der Waals surface area contributed by atoms with Gasteiger partial charge in [0.2, 0.25) is 5.82 Å². The Labute approximate surface area is 150 Å². The number of para-hydroxylation sites is 1. The zero-order valence-electron chi connectivity index (χ0n) is 14.0. The lowest BCUT2D eigenvalue weighted by molar-refractivity contribution is 0.429. The molecular weight excluding hydrogens is 350 g/mol. The minimum atomic E-state index is -0.562. The van der Waals surface area contributed by atoms with Crippen molar-refractivity contribution in [3.05, 3.63) is 69.5 Å². The van der Waals surface area contributed by atoms with Crippen LogP contribution in [0.4, 0.5) is 0 Å². The molecule has 0 bridgehead atoms. The lowest BCUT2D eigenvalue weighted by Gasteiger charge is -1.97. The molecule has 0 spiro atoms. The fourth-order valence-electron chi connectivity index (χ4n) is 2.93. The Morgan fingerprint density at radius 2 is 1.81 bits per heavy atom. The van der Waals surface area contributed by atoms with Gasteiger partial charge in [0.05, 0.1) is 5.52 Å². The Kier molecular flexibility index (Phi) is 3.14. The van der Waals surface area contributed by atoms with Crippen LogP contribution in [-0.2, 0) is 7.05 Å². The number of benzene rings is 2. The summed E-state index contributed by atoms with van der Waals surface area (Å²) < 4.78 is 17.1. The van der Waals surface area contributed by atoms with E-state index in [0.29, 0.717) is 22.2 Å². The van der Waals surface area contributed by atoms with Gasteiger partial charge in [-0.3, -0.25) is 4.57 Å². The fourth-order valence-corrected chi connectivity index (χ4v) is 2.93. The van der Waals surface area contributed by atoms with Crippen molar-refractivity contribution in [1.82, 2.24) is 14.7 Å². The van der Waals surface area contributed by atoms with Crippen molar-refractivity contribution in [2.75, 3.05) is 0 Å². The van der Waals surface area contributed by atoms with Crippen molar-refractivity contribution in [3.63, 3.8) is 0 Å². The van der Waals surface area contributed by atoms with Crippen molar-refractivity contribution in [2.24, 2.45) is 7.05 Å². The Balaban J connectivity index is 1.62. The van der Waals surface area contributed by atoms with Gasteiger partial charge in [-0.15, -0.1) is 0 Å². The van der Waals surface area contributed by atoms with Crippen LogP contribution >= 0.6 is 0 Å². The van der Waals surface area contributed by atoms with Crippen molar-refractivity contribution >= 4 is 22.1 Å². The molecule has 2 aromatic carbocycles. The second-order valence-electron chi connectivity index (χ2n) is 6.02. The molecule has 8 nitrogen and oxygen atoms in total. The monoisotopic (exact) mass is 361 g/mol. The SMILES string of the molecule is Cn1c(=O)oc2cc(-c3noc(-c4cc5ccccc5oc4=O)n3)ccc21. The van der Waals surface area contributed by atoms with E-state index in [2.05, 4.69) is 10.1 Å². The number of rotatable bonds is 2. The van der Waals surface area contributed by atoms with Gasteiger partial charge in [0.1, 0.15) is 11.1 Å². The summed E-state index contributed by atoms with van der Waals surface area (Å²) in [6.45, 7) is 0. The third-order valence-electron chi connectivity index (χ3n) is 4.35. The molecule has 5 aromatic rings. The lowest BCUT2D eigenvalue weighted by atomic mass is 10.2. The van der Waals surface area contributed by atoms with Crippen molar-refractivity contribution < 1.29 is 13.4 Å². The standard InChI is InChI=1S/C19H11N3O5/c1-22-13-7-6-11(9-15(13)26-19(22)24)16-20-17(27-21-16)12-8-10-4-2-3-5-14(10)25-18(12)23/h2-9H,1H3. The Morgan fingerprint density at radius 3 is 2.70 bits per heavy atom. The number of hydrogen-bond donors (Lipinski definition) is 0. The van der Waals surface area contributed by atoms with Crippen LogP contribution in [0.1, 0.15) is 0 Å². The number of nitrogens with zero attached hydrogens (tertiary/aromatic N) is 3. The lowest BCUT2D eigenvalue weighted by Crippen LogP contribution is -2.08. The van der Waals surface area contributed by atoms with E-state index >= 15 is 0 Å². The average Bonchev–Trinajstić information content (AvgIpc) is 3.26. The fraction of sp³-hybridized carbons (Fsp3) is 0.0526. The molecule has 3 heterocycles. The molecule has 0 saturated carbocycles. The molecule has 0 N–H and O–H groups in total. The molecule has 0 saturated heterocycles. The Hall–Kier alpha value is -3.94. The molecule has 0 fully saturated rings. The first kappa shape index (κ1) is 15.3. The van der Waals surface area contributed by atoms with E-state index in [1.165, 1.54) is 4.57 Å². The third-order valence-corrected chi connectivity index (χ3v) is 4.35. The maximum Gasteiger partial charge on any atom is 0.419 e. The largest absolute Gasteiger partial charge is 0.422 e. The van der Waals surface area contributed by atoms with E-state index in [1.807, 2.05) is 12.1 Å². The normalized spacial score (nSPS) is 11.4. The number of hydrogen-bond acceptors (Lipinski definition) is 7. The van der Waals surface area contributed by atoms with Gasteiger partial charge < -0.3 is 13.4 Å². The van der Waals surface area contributed by atoms with Gasteiger partial charge in [0, 0.05) is 18.0 Å². The van der Waals surface area contributed by atoms with Gasteiger partial charge in [-0.05, 0) is 30.3 Å². The Morgan fingerprint density at radius 1 is 0.963 bits per heavy atom. The van der Waals surface area contributed by atoms with E-state index in [4.69, 9.17) is 13.4 Å². The van der Waals surface area contributed by atoms with Gasteiger partial charge in [-0.1, -0.05) is 23.4 Å². The predicted octanol–water partition coefficient (Wildman–Crippen LogP) is 2.95. The maximum atomic E-state index is 12.2. The van der Waals surface area contributed by atoms with Crippen molar-refractivity contribution in [3.8, 4) is 22.8 Å². The van der Waals surface area contributed by atoms with Crippen LogP contribution in [0.3, 0.4) is 0 Å². The topological polar surface area (TPSA) is 104 Å². The summed E-state index contributed by atoms with van der Waals surface area (Å²) in [6, 6.07) is 13.9. The zero-order chi connectivity index (χ0) is 18.5. The molecule has 0 aliphatic carbocycles. The highest BCUT2D eigenvalue weighted by atomic mass is 16.5. The second-order valence-corrected chi connectivity index (χ2v) is 6.02. The number of oxazole rings is 1. The van der Waals surface area contributed by atoms with E-state index < -0.39 is 11.4 Å². The summed E-state index contributed by atoms with van der Waals surface area (Å²) in [7, 11) is 1.62. The summed E-state index contributed by atoms with van der Waals surface area (Å²) >= 11 is 0. The molecule has 8 heteroatoms. The molecule has 0 amide bonds. The van der Waals surface area contributed by atoms with Crippen LogP contribution in [0.25, 0.3) is 44.9 Å². The molecular formula is C19H11N3O5. The second kappa shape index (κ2) is 5.53. The van der Waals surface area contributed by atoms with Gasteiger partial charge in [0.15, 0.2) is 5.58 Å². The summed E-state index contributed by atoms with van der Waals surface area (Å²) in [4.78, 5) is 28.2. The number of fused-ring (bicyclic) bond motifs is 2. The Bertz CT molecular complexity index is 1440. The van der Waals surface area contributed by atoms with Gasteiger partial charge in [-0.2, -0.15) is 4.98 Å². The molecule has 0 atom stereocenters. The highest BCUT2D eigenvalue weighted by Crippen LogP contribution is 2.25. The van der Waals surface area contributed by atoms with E-state index in [-0.39, 0.29) is 17.3 Å². The van der Waals surface area contributed by atoms with Crippen LogP contribution in [0.5, 0.6) is 0 Å². The molecule has 0 aliphatic heterocycles. The first-order chi connectivity index (χ1) is 13.1.